The van der Waals surface area contributed by atoms with E-state index in [-0.39, 0.29) is 23.8 Å². The number of hydrogen-bond donors (Lipinski definition) is 1. The number of carbonyl (C=O) groups excluding carboxylic acids is 1. The van der Waals surface area contributed by atoms with Gasteiger partial charge in [-0.2, -0.15) is 0 Å². The second-order valence-corrected chi connectivity index (χ2v) is 11.3. The Balaban J connectivity index is 1.39. The molecule has 45 heavy (non-hydrogen) atoms. The highest BCUT2D eigenvalue weighted by Crippen LogP contribution is 2.31. The first-order valence-electron chi connectivity index (χ1n) is 14.0. The number of para-hydroxylation sites is 1. The summed E-state index contributed by atoms with van der Waals surface area (Å²) in [6.45, 7) is 1.72. The summed E-state index contributed by atoms with van der Waals surface area (Å²) in [4.78, 5) is 32.8. The molecule has 0 radical (unpaired) electrons. The van der Waals surface area contributed by atoms with Crippen molar-refractivity contribution in [2.24, 2.45) is 4.99 Å². The van der Waals surface area contributed by atoms with Crippen LogP contribution in [0.3, 0.4) is 0 Å². The van der Waals surface area contributed by atoms with Crippen LogP contribution in [0.5, 0.6) is 11.5 Å². The number of halogens is 2. The Morgan fingerprint density at radius 1 is 0.978 bits per heavy atom. The fourth-order valence-electron chi connectivity index (χ4n) is 5.18. The lowest BCUT2D eigenvalue weighted by molar-refractivity contribution is -0.113. The molecule has 0 spiro atoms. The SMILES string of the molecule is COc1ccc(C=c2sc3n(c2=O)C(c2ccccc2)C(C(=O)Nc2ccccc2)=C(C)N=3)cc1COc1ccc(F)cc1F. The maximum atomic E-state index is 14.2. The van der Waals surface area contributed by atoms with Gasteiger partial charge in [0, 0.05) is 17.3 Å². The number of aromatic nitrogens is 1. The molecule has 0 bridgehead atoms. The second-order valence-electron chi connectivity index (χ2n) is 10.2. The molecule has 1 amide bonds. The van der Waals surface area contributed by atoms with Crippen LogP contribution < -0.4 is 29.7 Å². The molecule has 1 N–H and O–H groups in total. The van der Waals surface area contributed by atoms with E-state index in [9.17, 15) is 18.4 Å². The molecule has 1 aliphatic rings. The van der Waals surface area contributed by atoms with E-state index < -0.39 is 17.7 Å². The first kappa shape index (κ1) is 29.7. The van der Waals surface area contributed by atoms with Crippen molar-refractivity contribution < 1.29 is 23.0 Å². The predicted molar refractivity (Wildman–Crippen MR) is 169 cm³/mol. The van der Waals surface area contributed by atoms with Gasteiger partial charge in [-0.25, -0.2) is 13.8 Å². The van der Waals surface area contributed by atoms with E-state index in [1.165, 1.54) is 24.5 Å². The fourth-order valence-corrected chi connectivity index (χ4v) is 6.23. The van der Waals surface area contributed by atoms with Gasteiger partial charge in [-0.3, -0.25) is 14.2 Å². The van der Waals surface area contributed by atoms with Crippen molar-refractivity contribution in [3.63, 3.8) is 0 Å². The Bertz CT molecular complexity index is 2110. The largest absolute Gasteiger partial charge is 0.496 e. The molecule has 1 unspecified atom stereocenters. The van der Waals surface area contributed by atoms with Gasteiger partial charge in [-0.1, -0.05) is 65.9 Å². The first-order valence-corrected chi connectivity index (χ1v) is 14.8. The highest BCUT2D eigenvalue weighted by atomic mass is 32.1. The van der Waals surface area contributed by atoms with Crippen LogP contribution in [-0.2, 0) is 11.4 Å². The number of carbonyl (C=O) groups is 1. The van der Waals surface area contributed by atoms with Crippen LogP contribution in [0, 0.1) is 11.6 Å². The van der Waals surface area contributed by atoms with Crippen LogP contribution in [0.4, 0.5) is 14.5 Å². The number of hydrogen-bond acceptors (Lipinski definition) is 6. The first-order chi connectivity index (χ1) is 21.8. The molecule has 2 heterocycles. The van der Waals surface area contributed by atoms with Crippen LogP contribution in [0.15, 0.2) is 118 Å². The predicted octanol–water partition coefficient (Wildman–Crippen LogP) is 5.74. The number of nitrogens with zero attached hydrogens (tertiary/aromatic N) is 2. The molecule has 6 rings (SSSR count). The van der Waals surface area contributed by atoms with Crippen LogP contribution >= 0.6 is 11.3 Å². The summed E-state index contributed by atoms with van der Waals surface area (Å²) < 4.78 is 40.5. The van der Waals surface area contributed by atoms with Crippen molar-refractivity contribution in [3.05, 3.63) is 156 Å². The van der Waals surface area contributed by atoms with Crippen molar-refractivity contribution in [1.82, 2.24) is 4.57 Å². The van der Waals surface area contributed by atoms with Gasteiger partial charge < -0.3 is 14.8 Å². The van der Waals surface area contributed by atoms with Gasteiger partial charge in [0.2, 0.25) is 0 Å². The molecule has 5 aromatic rings. The Kier molecular flexibility index (Phi) is 8.39. The Morgan fingerprint density at radius 3 is 2.40 bits per heavy atom. The van der Waals surface area contributed by atoms with Crippen molar-refractivity contribution in [1.29, 1.82) is 0 Å². The molecule has 1 aromatic heterocycles. The van der Waals surface area contributed by atoms with Gasteiger partial charge in [0.05, 0.1) is 29.0 Å². The summed E-state index contributed by atoms with van der Waals surface area (Å²) in [7, 11) is 1.51. The standard InChI is InChI=1S/C35H27F2N3O4S/c1-21-31(33(41)39-26-11-7-4-8-12-26)32(23-9-5-3-6-10-23)40-34(42)30(45-35(40)38-21)18-22-13-15-28(43-2)24(17-22)20-44-29-16-14-25(36)19-27(29)37/h3-19,32H,20H2,1-2H3,(H,39,41). The summed E-state index contributed by atoms with van der Waals surface area (Å²) in [5, 5.41) is 2.94. The Labute approximate surface area is 261 Å². The third-order valence-corrected chi connectivity index (χ3v) is 8.28. The average molecular weight is 624 g/mol. The van der Waals surface area contributed by atoms with E-state index in [2.05, 4.69) is 10.3 Å². The van der Waals surface area contributed by atoms with Gasteiger partial charge in [-0.15, -0.1) is 0 Å². The normalized spacial score (nSPS) is 14.5. The van der Waals surface area contributed by atoms with E-state index in [0.717, 1.165) is 17.7 Å². The molecule has 1 atom stereocenters. The van der Waals surface area contributed by atoms with Crippen molar-refractivity contribution in [2.75, 3.05) is 12.4 Å². The number of rotatable bonds is 8. The number of benzene rings is 4. The van der Waals surface area contributed by atoms with Crippen LogP contribution in [0.1, 0.15) is 29.7 Å². The number of amides is 1. The number of thiazole rings is 1. The lowest BCUT2D eigenvalue weighted by atomic mass is 9.95. The summed E-state index contributed by atoms with van der Waals surface area (Å²) in [6, 6.07) is 26.2. The highest BCUT2D eigenvalue weighted by molar-refractivity contribution is 7.07. The summed E-state index contributed by atoms with van der Waals surface area (Å²) in [5.74, 6) is -1.45. The number of nitrogens with one attached hydrogen (secondary N) is 1. The topological polar surface area (TPSA) is 81.9 Å². The minimum Gasteiger partial charge on any atom is -0.496 e. The number of ether oxygens (including phenoxy) is 2. The summed E-state index contributed by atoms with van der Waals surface area (Å²) in [6.07, 6.45) is 1.73. The maximum absolute atomic E-state index is 14.2. The third-order valence-electron chi connectivity index (χ3n) is 7.29. The van der Waals surface area contributed by atoms with Crippen molar-refractivity contribution >= 4 is 29.0 Å². The van der Waals surface area contributed by atoms with Crippen LogP contribution in [0.2, 0.25) is 0 Å². The molecule has 0 saturated heterocycles. The van der Waals surface area contributed by atoms with E-state index in [1.807, 2.05) is 48.5 Å². The summed E-state index contributed by atoms with van der Waals surface area (Å²) in [5.41, 5.74) is 3.27. The molecular formula is C35H27F2N3O4S. The molecule has 0 aliphatic carbocycles. The second kappa shape index (κ2) is 12.7. The molecule has 226 valence electrons. The molecule has 0 saturated carbocycles. The van der Waals surface area contributed by atoms with E-state index in [4.69, 9.17) is 9.47 Å². The number of anilines is 1. The summed E-state index contributed by atoms with van der Waals surface area (Å²) >= 11 is 1.22. The van der Waals surface area contributed by atoms with Crippen molar-refractivity contribution in [2.45, 2.75) is 19.6 Å². The smallest absolute Gasteiger partial charge is 0.271 e. The zero-order valence-electron chi connectivity index (χ0n) is 24.3. The van der Waals surface area contributed by atoms with Gasteiger partial charge in [0.25, 0.3) is 11.5 Å². The third kappa shape index (κ3) is 6.18. The molecule has 10 heteroatoms. The molecule has 7 nitrogen and oxygen atoms in total. The van der Waals surface area contributed by atoms with E-state index >= 15 is 0 Å². The Morgan fingerprint density at radius 2 is 1.69 bits per heavy atom. The molecular weight excluding hydrogens is 596 g/mol. The zero-order chi connectivity index (χ0) is 31.5. The van der Waals surface area contributed by atoms with Crippen molar-refractivity contribution in [3.8, 4) is 11.5 Å². The number of fused-ring (bicyclic) bond motifs is 1. The lowest BCUT2D eigenvalue weighted by Gasteiger charge is -2.25. The van der Waals surface area contributed by atoms with Crippen LogP contribution in [-0.4, -0.2) is 17.6 Å². The molecule has 4 aromatic carbocycles. The quantitative estimate of drug-likeness (QED) is 0.239. The minimum atomic E-state index is -0.814. The lowest BCUT2D eigenvalue weighted by Crippen LogP contribution is -2.40. The maximum Gasteiger partial charge on any atom is 0.271 e. The number of allylic oxidation sites excluding steroid dienone is 1. The van der Waals surface area contributed by atoms with E-state index in [1.54, 1.807) is 47.9 Å². The van der Waals surface area contributed by atoms with Crippen LogP contribution in [0.25, 0.3) is 6.08 Å². The zero-order valence-corrected chi connectivity index (χ0v) is 25.1. The van der Waals surface area contributed by atoms with E-state index in [0.29, 0.717) is 43.2 Å². The highest BCUT2D eigenvalue weighted by Gasteiger charge is 2.32. The van der Waals surface area contributed by atoms with Gasteiger partial charge in [0.1, 0.15) is 18.2 Å². The molecule has 1 aliphatic heterocycles. The van der Waals surface area contributed by atoms with Gasteiger partial charge >= 0.3 is 0 Å². The Hall–Kier alpha value is -5.35. The molecule has 0 fully saturated rings. The number of methoxy groups -OCH3 is 1. The van der Waals surface area contributed by atoms with Gasteiger partial charge in [-0.05, 0) is 60.5 Å². The minimum absolute atomic E-state index is 0.0538. The van der Waals surface area contributed by atoms with Gasteiger partial charge in [0.15, 0.2) is 16.4 Å². The fraction of sp³-hybridized carbons (Fsp3) is 0.114. The average Bonchev–Trinajstić information content (AvgIpc) is 3.34. The monoisotopic (exact) mass is 623 g/mol.